The predicted octanol–water partition coefficient (Wildman–Crippen LogP) is 1.45. The molecule has 7 heteroatoms. The van der Waals surface area contributed by atoms with Crippen LogP contribution in [0.25, 0.3) is 10.9 Å². The van der Waals surface area contributed by atoms with E-state index in [4.69, 9.17) is 0 Å². The first kappa shape index (κ1) is 15.4. The summed E-state index contributed by atoms with van der Waals surface area (Å²) in [4.78, 5) is 16.1. The van der Waals surface area contributed by atoms with Crippen molar-refractivity contribution in [2.75, 3.05) is 25.2 Å². The summed E-state index contributed by atoms with van der Waals surface area (Å²) in [5.41, 5.74) is 1.27. The van der Waals surface area contributed by atoms with Crippen molar-refractivity contribution in [2.24, 2.45) is 0 Å². The predicted molar refractivity (Wildman–Crippen MR) is 82.5 cm³/mol. The van der Waals surface area contributed by atoms with Crippen LogP contribution in [0.1, 0.15) is 6.42 Å². The lowest BCUT2D eigenvalue weighted by molar-refractivity contribution is -0.115. The van der Waals surface area contributed by atoms with Gasteiger partial charge >= 0.3 is 0 Å². The van der Waals surface area contributed by atoms with Crippen LogP contribution in [0.15, 0.2) is 36.5 Å². The SMILES string of the molecule is CN(C)S(=O)(=O)CCC(=O)Nc1cccc2cccnc12. The zero-order chi connectivity index (χ0) is 15.5. The number of anilines is 1. The second-order valence-electron chi connectivity index (χ2n) is 4.78. The third-order valence-corrected chi connectivity index (χ3v) is 4.88. The van der Waals surface area contributed by atoms with Crippen LogP contribution >= 0.6 is 0 Å². The van der Waals surface area contributed by atoms with Crippen LogP contribution in [-0.2, 0) is 14.8 Å². The first-order valence-electron chi connectivity index (χ1n) is 6.44. The van der Waals surface area contributed by atoms with E-state index in [1.165, 1.54) is 14.1 Å². The summed E-state index contributed by atoms with van der Waals surface area (Å²) in [5, 5.41) is 3.63. The molecule has 6 nitrogen and oxygen atoms in total. The molecule has 0 saturated heterocycles. The van der Waals surface area contributed by atoms with E-state index in [2.05, 4.69) is 10.3 Å². The molecule has 0 atom stereocenters. The number of amides is 1. The molecule has 1 heterocycles. The number of aromatic nitrogens is 1. The first-order valence-corrected chi connectivity index (χ1v) is 8.05. The number of hydrogen-bond acceptors (Lipinski definition) is 4. The molecule has 1 aromatic heterocycles. The molecule has 0 aliphatic rings. The lowest BCUT2D eigenvalue weighted by Gasteiger charge is -2.11. The van der Waals surface area contributed by atoms with Gasteiger partial charge in [-0.3, -0.25) is 9.78 Å². The van der Waals surface area contributed by atoms with E-state index in [1.807, 2.05) is 24.3 Å². The molecule has 0 aliphatic carbocycles. The van der Waals surface area contributed by atoms with Crippen LogP contribution in [0.2, 0.25) is 0 Å². The lowest BCUT2D eigenvalue weighted by atomic mass is 10.2. The van der Waals surface area contributed by atoms with Crippen molar-refractivity contribution >= 4 is 32.5 Å². The molecule has 0 radical (unpaired) electrons. The highest BCUT2D eigenvalue weighted by atomic mass is 32.2. The van der Waals surface area contributed by atoms with Crippen LogP contribution in [0.3, 0.4) is 0 Å². The number of benzene rings is 1. The highest BCUT2D eigenvalue weighted by Crippen LogP contribution is 2.20. The highest BCUT2D eigenvalue weighted by molar-refractivity contribution is 7.89. The third kappa shape index (κ3) is 3.77. The topological polar surface area (TPSA) is 79.4 Å². The molecular formula is C14H17N3O3S. The van der Waals surface area contributed by atoms with E-state index in [0.717, 1.165) is 9.69 Å². The minimum absolute atomic E-state index is 0.0935. The molecule has 2 aromatic rings. The molecule has 0 unspecified atom stereocenters. The third-order valence-electron chi connectivity index (χ3n) is 3.05. The Kier molecular flexibility index (Phi) is 4.54. The van der Waals surface area contributed by atoms with Crippen molar-refractivity contribution in [1.82, 2.24) is 9.29 Å². The van der Waals surface area contributed by atoms with Gasteiger partial charge in [0.05, 0.1) is 17.0 Å². The Morgan fingerprint density at radius 2 is 1.95 bits per heavy atom. The van der Waals surface area contributed by atoms with Crippen LogP contribution in [0, 0.1) is 0 Å². The molecule has 0 fully saturated rings. The molecule has 0 bridgehead atoms. The van der Waals surface area contributed by atoms with E-state index in [9.17, 15) is 13.2 Å². The maximum atomic E-state index is 11.9. The largest absolute Gasteiger partial charge is 0.324 e. The summed E-state index contributed by atoms with van der Waals surface area (Å²) < 4.78 is 24.4. The molecular weight excluding hydrogens is 290 g/mol. The van der Waals surface area contributed by atoms with E-state index in [-0.39, 0.29) is 18.1 Å². The van der Waals surface area contributed by atoms with Crippen molar-refractivity contribution < 1.29 is 13.2 Å². The fraction of sp³-hybridized carbons (Fsp3) is 0.286. The molecule has 21 heavy (non-hydrogen) atoms. The number of nitrogens with one attached hydrogen (secondary N) is 1. The summed E-state index contributed by atoms with van der Waals surface area (Å²) >= 11 is 0. The zero-order valence-corrected chi connectivity index (χ0v) is 12.7. The normalized spacial score (nSPS) is 11.8. The Morgan fingerprint density at radius 3 is 2.67 bits per heavy atom. The van der Waals surface area contributed by atoms with E-state index < -0.39 is 10.0 Å². The summed E-state index contributed by atoms with van der Waals surface area (Å²) in [5.74, 6) is -0.567. The van der Waals surface area contributed by atoms with E-state index in [0.29, 0.717) is 11.2 Å². The molecule has 1 N–H and O–H groups in total. The fourth-order valence-electron chi connectivity index (χ4n) is 1.82. The van der Waals surface area contributed by atoms with Gasteiger partial charge in [-0.1, -0.05) is 18.2 Å². The standard InChI is InChI=1S/C14H17N3O3S/c1-17(2)21(19,20)10-8-13(18)16-12-7-3-5-11-6-4-9-15-14(11)12/h3-7,9H,8,10H2,1-2H3,(H,16,18). The van der Waals surface area contributed by atoms with E-state index in [1.54, 1.807) is 12.3 Å². The number of nitrogens with zero attached hydrogens (tertiary/aromatic N) is 2. The molecule has 0 aliphatic heterocycles. The van der Waals surface area contributed by atoms with Crippen molar-refractivity contribution in [3.63, 3.8) is 0 Å². The van der Waals surface area contributed by atoms with Crippen molar-refractivity contribution in [3.05, 3.63) is 36.5 Å². The summed E-state index contributed by atoms with van der Waals surface area (Å²) in [6.07, 6.45) is 1.55. The van der Waals surface area contributed by atoms with Crippen LogP contribution < -0.4 is 5.32 Å². The lowest BCUT2D eigenvalue weighted by Crippen LogP contribution is -2.27. The number of carbonyl (C=O) groups excluding carboxylic acids is 1. The quantitative estimate of drug-likeness (QED) is 0.907. The first-order chi connectivity index (χ1) is 9.90. The molecule has 1 aromatic carbocycles. The average molecular weight is 307 g/mol. The number of sulfonamides is 1. The molecule has 1 amide bonds. The number of fused-ring (bicyclic) bond motifs is 1. The maximum absolute atomic E-state index is 11.9. The van der Waals surface area contributed by atoms with Gasteiger partial charge in [0.2, 0.25) is 15.9 Å². The second kappa shape index (κ2) is 6.19. The van der Waals surface area contributed by atoms with Gasteiger partial charge in [-0.15, -0.1) is 0 Å². The van der Waals surface area contributed by atoms with Gasteiger partial charge < -0.3 is 5.32 Å². The van der Waals surface area contributed by atoms with E-state index >= 15 is 0 Å². The highest BCUT2D eigenvalue weighted by Gasteiger charge is 2.16. The number of hydrogen-bond donors (Lipinski definition) is 1. The van der Waals surface area contributed by atoms with Crippen molar-refractivity contribution in [3.8, 4) is 0 Å². The number of carbonyl (C=O) groups is 1. The van der Waals surface area contributed by atoms with Crippen LogP contribution in [0.4, 0.5) is 5.69 Å². The monoisotopic (exact) mass is 307 g/mol. The smallest absolute Gasteiger partial charge is 0.225 e. The van der Waals surface area contributed by atoms with Crippen LogP contribution in [-0.4, -0.2) is 43.5 Å². The Bertz CT molecular complexity index is 752. The van der Waals surface area contributed by atoms with Gasteiger partial charge in [-0.05, 0) is 12.1 Å². The molecule has 112 valence electrons. The maximum Gasteiger partial charge on any atom is 0.225 e. The molecule has 0 spiro atoms. The van der Waals surface area contributed by atoms with Crippen LogP contribution in [0.5, 0.6) is 0 Å². The minimum atomic E-state index is -3.37. The van der Waals surface area contributed by atoms with Gasteiger partial charge in [0.25, 0.3) is 0 Å². The molecule has 0 saturated carbocycles. The van der Waals surface area contributed by atoms with Crippen molar-refractivity contribution in [1.29, 1.82) is 0 Å². The van der Waals surface area contributed by atoms with Gasteiger partial charge in [0, 0.05) is 32.1 Å². The fourth-order valence-corrected chi connectivity index (χ4v) is 2.63. The number of rotatable bonds is 5. The molecule has 2 rings (SSSR count). The Labute approximate surface area is 123 Å². The summed E-state index contributed by atoms with van der Waals surface area (Å²) in [7, 11) is -0.479. The van der Waals surface area contributed by atoms with Gasteiger partial charge in [0.15, 0.2) is 0 Å². The minimum Gasteiger partial charge on any atom is -0.324 e. The Morgan fingerprint density at radius 1 is 1.24 bits per heavy atom. The average Bonchev–Trinajstić information content (AvgIpc) is 2.45. The summed E-state index contributed by atoms with van der Waals surface area (Å²) in [6, 6.07) is 9.17. The van der Waals surface area contributed by atoms with Gasteiger partial charge in [-0.25, -0.2) is 12.7 Å². The van der Waals surface area contributed by atoms with Gasteiger partial charge in [0.1, 0.15) is 0 Å². The Hall–Kier alpha value is -1.99. The number of pyridine rings is 1. The Balaban J connectivity index is 2.09. The van der Waals surface area contributed by atoms with Gasteiger partial charge in [-0.2, -0.15) is 0 Å². The zero-order valence-electron chi connectivity index (χ0n) is 11.9. The van der Waals surface area contributed by atoms with Crippen molar-refractivity contribution in [2.45, 2.75) is 6.42 Å². The second-order valence-corrected chi connectivity index (χ2v) is 7.08. The number of para-hydroxylation sites is 1. The summed E-state index contributed by atoms with van der Waals surface area (Å²) in [6.45, 7) is 0.